The predicted molar refractivity (Wildman–Crippen MR) is 170 cm³/mol. The first-order valence-corrected chi connectivity index (χ1v) is 16.3. The second kappa shape index (κ2) is 11.9. The largest absolute Gasteiger partial charge is 0.460 e. The quantitative estimate of drug-likeness (QED) is 0.231. The Morgan fingerprint density at radius 1 is 1.14 bits per heavy atom. The van der Waals surface area contributed by atoms with Crippen molar-refractivity contribution in [2.24, 2.45) is 5.41 Å². The van der Waals surface area contributed by atoms with E-state index >= 15 is 0 Å². The molecular weight excluding hydrogens is 661 g/mol. The number of benzene rings is 1. The van der Waals surface area contributed by atoms with Crippen LogP contribution in [0.3, 0.4) is 0 Å². The molecule has 0 N–H and O–H groups in total. The summed E-state index contributed by atoms with van der Waals surface area (Å²) in [5, 5.41) is 4.76. The summed E-state index contributed by atoms with van der Waals surface area (Å²) >= 11 is 2.19. The summed E-state index contributed by atoms with van der Waals surface area (Å²) in [4.78, 5) is 37.2. The summed E-state index contributed by atoms with van der Waals surface area (Å²) in [6.45, 7) is 9.40. The Kier molecular flexibility index (Phi) is 8.40. The van der Waals surface area contributed by atoms with E-state index in [9.17, 15) is 9.59 Å². The lowest BCUT2D eigenvalue weighted by molar-refractivity contribution is -0.156. The van der Waals surface area contributed by atoms with Crippen LogP contribution in [0.2, 0.25) is 0 Å². The van der Waals surface area contributed by atoms with Crippen LogP contribution in [0.5, 0.6) is 0 Å². The number of carbonyl (C=O) groups excluding carboxylic acids is 2. The normalized spacial score (nSPS) is 21.7. The summed E-state index contributed by atoms with van der Waals surface area (Å²) in [6.07, 6.45) is 5.94. The zero-order valence-corrected chi connectivity index (χ0v) is 27.6. The second-order valence-electron chi connectivity index (χ2n) is 13.1. The van der Waals surface area contributed by atoms with Crippen molar-refractivity contribution in [3.05, 3.63) is 44.8 Å². The van der Waals surface area contributed by atoms with Gasteiger partial charge in [-0.2, -0.15) is 5.10 Å². The van der Waals surface area contributed by atoms with E-state index in [0.717, 1.165) is 61.1 Å². The summed E-state index contributed by atoms with van der Waals surface area (Å²) in [5.74, 6) is 0.307. The number of nitrogens with zero attached hydrogens (tertiary/aromatic N) is 5. The van der Waals surface area contributed by atoms with Gasteiger partial charge in [0.2, 0.25) is 0 Å². The van der Waals surface area contributed by atoms with E-state index in [1.54, 1.807) is 0 Å². The average Bonchev–Trinajstić information content (AvgIpc) is 3.45. The number of ether oxygens (including phenoxy) is 3. The van der Waals surface area contributed by atoms with Crippen LogP contribution < -0.4 is 4.90 Å². The lowest BCUT2D eigenvalue weighted by atomic mass is 9.68. The zero-order valence-electron chi connectivity index (χ0n) is 25.4. The predicted octanol–water partition coefficient (Wildman–Crippen LogP) is 5.85. The van der Waals surface area contributed by atoms with Crippen molar-refractivity contribution in [1.82, 2.24) is 19.7 Å². The Labute approximate surface area is 266 Å². The molecule has 43 heavy (non-hydrogen) atoms. The highest BCUT2D eigenvalue weighted by atomic mass is 127. The molecule has 2 aliphatic heterocycles. The van der Waals surface area contributed by atoms with Gasteiger partial charge in [-0.3, -0.25) is 9.59 Å². The minimum Gasteiger partial charge on any atom is -0.460 e. The van der Waals surface area contributed by atoms with E-state index in [-0.39, 0.29) is 36.1 Å². The Morgan fingerprint density at radius 3 is 2.60 bits per heavy atom. The highest BCUT2D eigenvalue weighted by molar-refractivity contribution is 14.1. The maximum atomic E-state index is 13.1. The van der Waals surface area contributed by atoms with Crippen LogP contribution in [0, 0.1) is 9.12 Å². The summed E-state index contributed by atoms with van der Waals surface area (Å²) in [6, 6.07) is 8.54. The number of fused-ring (bicyclic) bond motifs is 2. The van der Waals surface area contributed by atoms with Crippen LogP contribution in [0.15, 0.2) is 24.3 Å². The first-order valence-electron chi connectivity index (χ1n) is 15.3. The molecule has 0 amide bonds. The Hall–Kier alpha value is -2.80. The van der Waals surface area contributed by atoms with Crippen molar-refractivity contribution < 1.29 is 23.8 Å². The van der Waals surface area contributed by atoms with Crippen molar-refractivity contribution in [2.45, 2.75) is 97.0 Å². The minimum absolute atomic E-state index is 0.0439. The van der Waals surface area contributed by atoms with Gasteiger partial charge in [0.05, 0.1) is 6.42 Å². The van der Waals surface area contributed by atoms with Gasteiger partial charge in [-0.05, 0) is 98.4 Å². The molecule has 3 aliphatic rings. The topological polar surface area (TPSA) is 109 Å². The number of hydrogen-bond acceptors (Lipinski definition) is 9. The summed E-state index contributed by atoms with van der Waals surface area (Å²) in [5.41, 5.74) is 4.04. The third-order valence-electron chi connectivity index (χ3n) is 8.94. The van der Waals surface area contributed by atoms with E-state index < -0.39 is 5.60 Å². The smallest absolute Gasteiger partial charge is 0.306 e. The fourth-order valence-corrected chi connectivity index (χ4v) is 7.60. The monoisotopic (exact) mass is 701 g/mol. The Morgan fingerprint density at radius 2 is 1.91 bits per heavy atom. The van der Waals surface area contributed by atoms with Crippen LogP contribution in [0.1, 0.15) is 95.2 Å². The van der Waals surface area contributed by atoms with E-state index in [0.29, 0.717) is 29.9 Å². The zero-order chi connectivity index (χ0) is 30.4. The van der Waals surface area contributed by atoms with Gasteiger partial charge >= 0.3 is 11.9 Å². The fourth-order valence-electron chi connectivity index (χ4n) is 7.01. The first-order chi connectivity index (χ1) is 20.5. The third-order valence-corrected chi connectivity index (χ3v) is 9.67. The molecule has 2 atom stereocenters. The molecule has 3 aromatic rings. The van der Waals surface area contributed by atoms with Crippen molar-refractivity contribution in [3.63, 3.8) is 0 Å². The molecule has 2 fully saturated rings. The van der Waals surface area contributed by atoms with Gasteiger partial charge in [-0.15, -0.1) is 0 Å². The molecule has 1 aliphatic carbocycles. The standard InChI is InChI=1S/C32H40IN5O5/c1-20(39)42-19-24-29(35-30-27(34-24)28(33)36-38(30)25-11-7-8-16-41-25)37-14-12-32(13-15-37)18-21-9-5-6-10-22(21)23(32)17-26(40)43-31(2,3)4/h5-6,9-10,23,25H,7-8,11-19H2,1-4H3/t23-,25?/m1/s1. The molecule has 0 bridgehead atoms. The van der Waals surface area contributed by atoms with Crippen LogP contribution in [-0.4, -0.2) is 57.0 Å². The van der Waals surface area contributed by atoms with Crippen LogP contribution in [0.4, 0.5) is 5.82 Å². The maximum Gasteiger partial charge on any atom is 0.306 e. The molecular formula is C32H40IN5O5. The number of piperidine rings is 1. The third kappa shape index (κ3) is 6.25. The fraction of sp³-hybridized carbons (Fsp3) is 0.594. The van der Waals surface area contributed by atoms with E-state index in [1.165, 1.54) is 18.1 Å². The summed E-state index contributed by atoms with van der Waals surface area (Å²) < 4.78 is 19.9. The van der Waals surface area contributed by atoms with Crippen molar-refractivity contribution in [3.8, 4) is 0 Å². The number of aromatic nitrogens is 4. The number of hydrogen-bond donors (Lipinski definition) is 0. The number of rotatable bonds is 6. The highest BCUT2D eigenvalue weighted by Gasteiger charge is 2.49. The molecule has 2 aromatic heterocycles. The van der Waals surface area contributed by atoms with Crippen molar-refractivity contribution in [1.29, 1.82) is 0 Å². The van der Waals surface area contributed by atoms with Gasteiger partial charge in [0.1, 0.15) is 23.4 Å². The van der Waals surface area contributed by atoms with Gasteiger partial charge < -0.3 is 19.1 Å². The van der Waals surface area contributed by atoms with Gasteiger partial charge in [0.15, 0.2) is 21.4 Å². The number of esters is 2. The van der Waals surface area contributed by atoms with E-state index in [2.05, 4.69) is 51.8 Å². The van der Waals surface area contributed by atoms with Gasteiger partial charge in [-0.25, -0.2) is 14.6 Å². The van der Waals surface area contributed by atoms with Crippen molar-refractivity contribution >= 4 is 51.5 Å². The molecule has 0 saturated carbocycles. The van der Waals surface area contributed by atoms with Crippen LogP contribution >= 0.6 is 22.6 Å². The molecule has 4 heterocycles. The molecule has 6 rings (SSSR count). The maximum absolute atomic E-state index is 13.1. The van der Waals surface area contributed by atoms with E-state index in [4.69, 9.17) is 29.3 Å². The van der Waals surface area contributed by atoms with Gasteiger partial charge in [0.25, 0.3) is 0 Å². The van der Waals surface area contributed by atoms with Crippen molar-refractivity contribution in [2.75, 3.05) is 24.6 Å². The molecule has 10 nitrogen and oxygen atoms in total. The highest BCUT2D eigenvalue weighted by Crippen LogP contribution is 2.55. The number of carbonyl (C=O) groups is 2. The molecule has 230 valence electrons. The molecule has 1 aromatic carbocycles. The second-order valence-corrected chi connectivity index (χ2v) is 14.1. The van der Waals surface area contributed by atoms with E-state index in [1.807, 2.05) is 25.5 Å². The average molecular weight is 702 g/mol. The lowest BCUT2D eigenvalue weighted by Crippen LogP contribution is -2.43. The molecule has 11 heteroatoms. The molecule has 1 unspecified atom stereocenters. The first kappa shape index (κ1) is 30.2. The number of anilines is 1. The number of halogens is 1. The van der Waals surface area contributed by atoms with Gasteiger partial charge in [-0.1, -0.05) is 24.3 Å². The Balaban J connectivity index is 1.30. The van der Waals surface area contributed by atoms with Gasteiger partial charge in [0, 0.05) is 32.5 Å². The Bertz CT molecular complexity index is 1520. The molecule has 2 saturated heterocycles. The summed E-state index contributed by atoms with van der Waals surface area (Å²) in [7, 11) is 0. The molecule has 1 spiro atoms. The minimum atomic E-state index is -0.519. The van der Waals surface area contributed by atoms with Crippen LogP contribution in [-0.2, 0) is 36.8 Å². The SMILES string of the molecule is CC(=O)OCc1nc2c(I)nn(C3CCCCO3)c2nc1N1CCC2(CC1)Cc1ccccc1[C@H]2CC(=O)OC(C)(C)C. The van der Waals surface area contributed by atoms with Crippen LogP contribution in [0.25, 0.3) is 11.2 Å². The molecule has 0 radical (unpaired) electrons. The lowest BCUT2D eigenvalue weighted by Gasteiger charge is -2.44.